The van der Waals surface area contributed by atoms with Crippen molar-refractivity contribution in [2.24, 2.45) is 5.73 Å². The largest absolute Gasteiger partial charge is 0.459 e. The number of nitrogens with zero attached hydrogens (tertiary/aromatic N) is 2. The van der Waals surface area contributed by atoms with Crippen LogP contribution in [0.4, 0.5) is 0 Å². The molecule has 16 heteroatoms. The second kappa shape index (κ2) is 73.1. The summed E-state index contributed by atoms with van der Waals surface area (Å²) in [6.45, 7) is 10.4. The third kappa shape index (κ3) is 54.8. The van der Waals surface area contributed by atoms with Gasteiger partial charge in [-0.3, -0.25) is 9.59 Å². The van der Waals surface area contributed by atoms with E-state index >= 15 is 0 Å². The van der Waals surface area contributed by atoms with Crippen LogP contribution in [0.5, 0.6) is 17.2 Å². The summed E-state index contributed by atoms with van der Waals surface area (Å²) in [5.41, 5.74) is 10.4. The van der Waals surface area contributed by atoms with Crippen LogP contribution in [-0.4, -0.2) is 93.3 Å². The van der Waals surface area contributed by atoms with E-state index in [-0.39, 0.29) is 163 Å². The number of carbonyl (C=O) groups is 4. The van der Waals surface area contributed by atoms with Crippen LogP contribution in [0, 0.1) is 445 Å². The fourth-order valence-corrected chi connectivity index (χ4v) is 8.89. The molecule has 3 aromatic rings. The molecule has 6 rings (SSSR count). The van der Waals surface area contributed by atoms with E-state index in [9.17, 15) is 19.2 Å². The molecule has 3 aliphatic heterocycles. The van der Waals surface area contributed by atoms with Crippen molar-refractivity contribution in [3.63, 3.8) is 0 Å². The van der Waals surface area contributed by atoms with E-state index in [0.717, 1.165) is 59.4 Å². The van der Waals surface area contributed by atoms with Crippen LogP contribution in [-0.2, 0) is 53.2 Å². The van der Waals surface area contributed by atoms with Gasteiger partial charge in [-0.2, -0.15) is 0 Å². The maximum absolute atomic E-state index is 12.6. The van der Waals surface area contributed by atoms with Gasteiger partial charge in [0.05, 0.1) is 13.2 Å². The van der Waals surface area contributed by atoms with Crippen molar-refractivity contribution in [3.05, 3.63) is 88.0 Å². The first-order chi connectivity index (χ1) is 61.3. The van der Waals surface area contributed by atoms with E-state index in [2.05, 4.69) is 382 Å². The van der Waals surface area contributed by atoms with Gasteiger partial charge in [-0.05, 0) is 273 Å². The first kappa shape index (κ1) is 102. The summed E-state index contributed by atoms with van der Waals surface area (Å²) in [4.78, 5) is 52.1. The van der Waals surface area contributed by atoms with E-state index < -0.39 is 24.0 Å². The van der Waals surface area contributed by atoms with Gasteiger partial charge in [0.2, 0.25) is 11.8 Å². The number of carbonyl (C=O) groups excluding carboxylic acids is 4. The number of ether oxygens (including phenoxy) is 6. The Labute approximate surface area is 860 Å². The van der Waals surface area contributed by atoms with Crippen molar-refractivity contribution in [3.8, 4) is 410 Å². The monoisotopic (exact) mass is 1970 g/mol. The smallest absolute Gasteiger partial charge is 0.329 e. The Bertz CT molecular complexity index is 6740. The van der Waals surface area contributed by atoms with Crippen molar-refractivity contribution in [1.29, 1.82) is 1.34 Å². The van der Waals surface area contributed by atoms with Crippen LogP contribution in [0.25, 0.3) is 0 Å². The second-order valence-corrected chi connectivity index (χ2v) is 22.4. The molecule has 3 heterocycles. The predicted octanol–water partition coefficient (Wildman–Crippen LogP) is 21.3. The zero-order valence-electron chi connectivity index (χ0n) is 68.8. The number of hydrogen-bond acceptors (Lipinski definition) is 12. The molecule has 0 unspecified atom stereocenters. The Balaban J connectivity index is -0.0000000162. The zero-order valence-corrected chi connectivity index (χ0v) is 71.9. The molecule has 2 amide bonds. The molecule has 0 saturated carbocycles. The van der Waals surface area contributed by atoms with Gasteiger partial charge in [-0.1, -0.05) is 25.1 Å². The van der Waals surface area contributed by atoms with Crippen LogP contribution in [0.3, 0.4) is 0 Å². The van der Waals surface area contributed by atoms with Gasteiger partial charge in [-0.25, -0.2) is 9.59 Å². The van der Waals surface area contributed by atoms with Crippen LogP contribution < -0.4 is 19.9 Å². The molecule has 3 aromatic carbocycles. The van der Waals surface area contributed by atoms with E-state index in [1.165, 1.54) is 17.7 Å². The number of aliphatic hydroxyl groups is 1. The summed E-state index contributed by atoms with van der Waals surface area (Å²) in [5, 5.41) is 9.16. The summed E-state index contributed by atoms with van der Waals surface area (Å²) >= 11 is 0. The number of amides is 2. The predicted molar refractivity (Wildman–Crippen MR) is 616 cm³/mol. The Hall–Kier alpha value is -18.6. The SMILES string of the molecule is C#CC#CC#CC#CC#CC#CC#CC#CC#CC#CC#COc1cc(C)cc(CO)c1.C#CC#CC#CC#CC#CC#CC#CC#CC#CC#CC#COc1cc(C)cc(COC(=O)[C@@H]2CCCN2C(=O)CC)c1.C#CC#CC#CC#CC#CC#CC#CC#CC#CC#CC#COc1cc(C)cc(COC(=O)[C@@H]2CCCN2C(=O)CN)c1.C1CCOC1.[2H][B].[HH].[HH].[HH].[HH].[HH].[HH].[HH].[HH].[HH].[HH].[HH].[HH].[HH].[HH].[HH].[HH].[HH].[HH].[HH].[HH].[HH].[HH].[HH].[HH].[HH].[HH].[HH].[HH].[HH].[HH].[HH].[HH].[HH].[HH].[HH].[HH].[HH].[HH].[HH].[HH].[HH].[HH].[HH].[HH].[HH].[HH].[HH].[HH].[HH].[HH].[HH].[HH].[HH].[HH].[HH].[HH].[HH].[HH].[HH].[HH].[HH].[HH].[HH].[HH].[HH].[HH].[U]. The number of aryl methyl sites for hydroxylation is 3. The standard InChI is InChI=1S/C38H21NO4.C37H20N2O4.C30H10O2.C4H8O.BH.U.66H2/c1-4-6-7-8-9-10-11-12-13-14-15-16-17-18-19-20-21-22-23-24-28-42-35-30-33(3)29-34(31-35)32-43-38(41)36-26-25-27-39(36)37(40)5-2;1-3-4-5-6-7-8-9-10-11-12-13-14-15-16-17-18-19-20-21-22-26-42-34-28-32(2)27-33(29-34)31-43-37(41)35-24-23-25-39(35)36(40)30-38;1-3-4-5-6-7-8-9-10-11-12-13-14-15-16-17-18-19-20-21-22-23-32-30-25-28(2)24-29(26-30)27-31;1-2-4-5-3-1;;;;;;;;;;;;;;;;;;;;;;;;;;;;;;;;;;;;;;;;;;;;;;;;;;;;;;;;;;;;;;;;;;;;/h1,29-31,36H,5,25-27,32H2,2-3H3;1,27-29,35H,23-25,30-31,38H2,2H3;1,24-26,31H,27H2,2H3;1-4H2;1H;;66*1H/t36-;35-;;;;;;;;;;;;;;;;;;;;;;;;;;;;;;;;;;;;;;;;;;;;;;;;;;;;;;;;;;;;;;;;;;;;;;/m00....................................................................../s1/i;;;;1D;;;;;;;;;;;;;;;;;;;;;;;;;;;;;;;;;;;;;;;;;;;;;;;;;;;;;;;;;;;;;;;;;;;. The Morgan fingerprint density at radius 2 is 0.616 bits per heavy atom. The molecule has 3 aliphatic rings. The summed E-state index contributed by atoms with van der Waals surface area (Å²) in [7, 11) is 3.75. The number of rotatable bonds is 12. The third-order valence-corrected chi connectivity index (χ3v) is 13.5. The molecule has 3 saturated heterocycles. The number of likely N-dealkylation sites (tertiary alicyclic amines) is 2. The summed E-state index contributed by atoms with van der Waals surface area (Å²) in [6.07, 6.45) is 27.8. The average Bonchev–Trinajstić information content (AvgIpc) is 1.72. The summed E-state index contributed by atoms with van der Waals surface area (Å²) in [6, 6.07) is 15.0. The topological polar surface area (TPSA) is 176 Å². The molecule has 0 aromatic heterocycles. The zero-order chi connectivity index (χ0) is 90.6. The first-order valence-corrected chi connectivity index (χ1v) is 35.9. The van der Waals surface area contributed by atoms with Gasteiger partial charge in [0.15, 0.2) is 0 Å². The maximum atomic E-state index is 12.6. The minimum Gasteiger partial charge on any atom is -0.459 e. The van der Waals surface area contributed by atoms with Gasteiger partial charge >= 0.3 is 11.9 Å². The van der Waals surface area contributed by atoms with Crippen molar-refractivity contribution < 1.29 is 178 Å². The fourth-order valence-electron chi connectivity index (χ4n) is 8.89. The molecule has 0 aliphatic carbocycles. The average molecular weight is 1970 g/mol. The maximum Gasteiger partial charge on any atom is 0.329 e. The molecule has 2 atom stereocenters. The van der Waals surface area contributed by atoms with Gasteiger partial charge in [0.1, 0.15) is 60.9 Å². The van der Waals surface area contributed by atoms with Crippen molar-refractivity contribution in [2.75, 3.05) is 32.8 Å². The third-order valence-electron chi connectivity index (χ3n) is 13.5. The van der Waals surface area contributed by atoms with E-state index in [4.69, 9.17) is 59.9 Å². The minimum absolute atomic E-state index is 0. The van der Waals surface area contributed by atoms with Crippen LogP contribution in [0.2, 0.25) is 0 Å². The molecule has 3 N–H and O–H groups in total. The second-order valence-electron chi connectivity index (χ2n) is 22.4. The molecule has 0 bridgehead atoms. The van der Waals surface area contributed by atoms with Crippen LogP contribution >= 0.6 is 0 Å². The van der Waals surface area contributed by atoms with Crippen LogP contribution in [0.1, 0.15) is 179 Å². The molecular weight excluding hydrogens is 1780 g/mol. The first-order valence-electron chi connectivity index (χ1n) is 36.4. The number of esters is 2. The number of aliphatic hydroxyl groups excluding tert-OH is 1. The fraction of sp³-hybridized carbons (Fsp3) is 0.193. The van der Waals surface area contributed by atoms with Gasteiger partial charge in [-0.15, -0.1) is 19.3 Å². The number of hydrogen-bond donors (Lipinski definition) is 2. The number of benzene rings is 3. The molecule has 125 heavy (non-hydrogen) atoms. The molecular formula is C109H192BN3O11U. The Kier molecular flexibility index (Phi) is 59.9. The molecule has 2 radical (unpaired) electrons. The number of nitrogens with two attached hydrogens (primary N) is 1. The van der Waals surface area contributed by atoms with Gasteiger partial charge in [0.25, 0.3) is 0 Å². The molecule has 14 nitrogen and oxygen atoms in total. The normalized spacial score (nSPS) is 9.96. The van der Waals surface area contributed by atoms with Gasteiger partial charge in [0, 0.05) is 380 Å². The number of terminal acetylenes is 3. The van der Waals surface area contributed by atoms with Crippen molar-refractivity contribution >= 4 is 32.1 Å². The Morgan fingerprint density at radius 3 is 0.840 bits per heavy atom. The van der Waals surface area contributed by atoms with E-state index in [1.54, 1.807) is 48.2 Å². The molecule has 3 fully saturated rings. The molecule has 716 valence electrons. The van der Waals surface area contributed by atoms with Gasteiger partial charge < -0.3 is 49.1 Å². The van der Waals surface area contributed by atoms with Crippen molar-refractivity contribution in [1.82, 2.24) is 9.80 Å². The van der Waals surface area contributed by atoms with E-state index in [0.29, 0.717) is 49.6 Å². The van der Waals surface area contributed by atoms with E-state index in [1.807, 2.05) is 39.0 Å². The Morgan fingerprint density at radius 1 is 0.384 bits per heavy atom. The van der Waals surface area contributed by atoms with Crippen molar-refractivity contribution in [2.45, 2.75) is 105 Å². The molecule has 0 spiro atoms. The van der Waals surface area contributed by atoms with Crippen LogP contribution in [0.15, 0.2) is 54.6 Å². The minimum atomic E-state index is -0.604. The quantitative estimate of drug-likeness (QED) is 0.0998. The summed E-state index contributed by atoms with van der Waals surface area (Å²) in [5.74, 6) is 148. The summed E-state index contributed by atoms with van der Waals surface area (Å²) < 4.78 is 37.2.